The Bertz CT molecular complexity index is 627. The van der Waals surface area contributed by atoms with Gasteiger partial charge in [-0.15, -0.1) is 0 Å². The second-order valence-corrected chi connectivity index (χ2v) is 6.30. The molecule has 1 aromatic rings. The maximum Gasteiger partial charge on any atom is 0.274 e. The molecule has 2 aliphatic heterocycles. The highest BCUT2D eigenvalue weighted by atomic mass is 16.5. The molecule has 24 heavy (non-hydrogen) atoms. The zero-order chi connectivity index (χ0) is 17.1. The normalized spacial score (nSPS) is 23.7. The summed E-state index contributed by atoms with van der Waals surface area (Å²) < 4.78 is 11.2. The predicted octanol–water partition coefficient (Wildman–Crippen LogP) is 1.34. The number of fused-ring (bicyclic) bond motifs is 1. The standard InChI is InChI=1S/C17H22N2O5/c1-11-9-24-15-7-12(16(20)18-22)4-5-13(15)8-19(11)17(21)14-3-2-6-23-10-14/h4-5,7,11,14,22H,2-3,6,8-10H2,1H3,(H,18,20). The van der Waals surface area contributed by atoms with Crippen molar-refractivity contribution in [2.45, 2.75) is 32.4 Å². The van der Waals surface area contributed by atoms with Gasteiger partial charge in [-0.3, -0.25) is 14.8 Å². The summed E-state index contributed by atoms with van der Waals surface area (Å²) in [5, 5.41) is 8.74. The average molecular weight is 334 g/mol. The van der Waals surface area contributed by atoms with Gasteiger partial charge in [0.15, 0.2) is 0 Å². The first-order valence-corrected chi connectivity index (χ1v) is 8.18. The second kappa shape index (κ2) is 7.19. The summed E-state index contributed by atoms with van der Waals surface area (Å²) in [6.07, 6.45) is 1.76. The summed E-state index contributed by atoms with van der Waals surface area (Å²) in [6, 6.07) is 4.89. The molecular weight excluding hydrogens is 312 g/mol. The summed E-state index contributed by atoms with van der Waals surface area (Å²) >= 11 is 0. The van der Waals surface area contributed by atoms with Crippen LogP contribution in [0.4, 0.5) is 0 Å². The van der Waals surface area contributed by atoms with Crippen molar-refractivity contribution in [3.05, 3.63) is 29.3 Å². The van der Waals surface area contributed by atoms with Crippen molar-refractivity contribution in [2.75, 3.05) is 19.8 Å². The molecule has 2 atom stereocenters. The van der Waals surface area contributed by atoms with Crippen LogP contribution in [0.5, 0.6) is 5.75 Å². The summed E-state index contributed by atoms with van der Waals surface area (Å²) in [5.41, 5.74) is 2.77. The maximum atomic E-state index is 12.8. The van der Waals surface area contributed by atoms with Gasteiger partial charge < -0.3 is 14.4 Å². The third-order valence-electron chi connectivity index (χ3n) is 4.58. The number of nitrogens with zero attached hydrogens (tertiary/aromatic N) is 1. The van der Waals surface area contributed by atoms with E-state index in [9.17, 15) is 9.59 Å². The van der Waals surface area contributed by atoms with Crippen LogP contribution in [0.3, 0.4) is 0 Å². The van der Waals surface area contributed by atoms with Crippen molar-refractivity contribution in [3.8, 4) is 5.75 Å². The first-order chi connectivity index (χ1) is 11.6. The fourth-order valence-electron chi connectivity index (χ4n) is 3.13. The number of benzene rings is 1. The van der Waals surface area contributed by atoms with Crippen LogP contribution in [0, 0.1) is 5.92 Å². The molecule has 2 N–H and O–H groups in total. The van der Waals surface area contributed by atoms with E-state index in [1.807, 2.05) is 11.8 Å². The van der Waals surface area contributed by atoms with Crippen LogP contribution in [-0.2, 0) is 16.1 Å². The van der Waals surface area contributed by atoms with Crippen LogP contribution >= 0.6 is 0 Å². The lowest BCUT2D eigenvalue weighted by Crippen LogP contribution is -2.45. The minimum absolute atomic E-state index is 0.0676. The topological polar surface area (TPSA) is 88.1 Å². The molecule has 7 nitrogen and oxygen atoms in total. The number of hydrogen-bond donors (Lipinski definition) is 2. The fourth-order valence-corrected chi connectivity index (χ4v) is 3.13. The molecule has 0 saturated carbocycles. The molecule has 2 unspecified atom stereocenters. The highest BCUT2D eigenvalue weighted by molar-refractivity contribution is 5.93. The highest BCUT2D eigenvalue weighted by Gasteiger charge is 2.32. The van der Waals surface area contributed by atoms with Crippen molar-refractivity contribution in [2.24, 2.45) is 5.92 Å². The number of rotatable bonds is 2. The van der Waals surface area contributed by atoms with Gasteiger partial charge in [0.1, 0.15) is 12.4 Å². The van der Waals surface area contributed by atoms with Crippen molar-refractivity contribution in [3.63, 3.8) is 0 Å². The Balaban J connectivity index is 1.81. The van der Waals surface area contributed by atoms with E-state index in [0.717, 1.165) is 25.0 Å². The molecule has 0 spiro atoms. The van der Waals surface area contributed by atoms with Gasteiger partial charge in [0, 0.05) is 24.3 Å². The van der Waals surface area contributed by atoms with E-state index in [1.165, 1.54) is 0 Å². The van der Waals surface area contributed by atoms with Crippen LogP contribution in [0.25, 0.3) is 0 Å². The third-order valence-corrected chi connectivity index (χ3v) is 4.58. The maximum absolute atomic E-state index is 12.8. The molecule has 0 radical (unpaired) electrons. The van der Waals surface area contributed by atoms with Crippen molar-refractivity contribution in [1.29, 1.82) is 0 Å². The number of nitrogens with one attached hydrogen (secondary N) is 1. The van der Waals surface area contributed by atoms with Gasteiger partial charge in [0.05, 0.1) is 18.6 Å². The molecule has 1 fully saturated rings. The van der Waals surface area contributed by atoms with E-state index < -0.39 is 5.91 Å². The van der Waals surface area contributed by atoms with E-state index in [0.29, 0.717) is 31.1 Å². The Morgan fingerprint density at radius 1 is 1.33 bits per heavy atom. The highest BCUT2D eigenvalue weighted by Crippen LogP contribution is 2.28. The Hall–Kier alpha value is -2.12. The van der Waals surface area contributed by atoms with Crippen molar-refractivity contribution < 1.29 is 24.3 Å². The van der Waals surface area contributed by atoms with Crippen LogP contribution in [0.1, 0.15) is 35.7 Å². The summed E-state index contributed by atoms with van der Waals surface area (Å²) in [5.74, 6) is -0.0258. The zero-order valence-electron chi connectivity index (χ0n) is 13.7. The van der Waals surface area contributed by atoms with Gasteiger partial charge in [0.25, 0.3) is 5.91 Å². The van der Waals surface area contributed by atoms with Crippen molar-refractivity contribution >= 4 is 11.8 Å². The van der Waals surface area contributed by atoms with E-state index in [1.54, 1.807) is 23.7 Å². The van der Waals surface area contributed by atoms with Crippen LogP contribution in [-0.4, -0.2) is 47.8 Å². The number of hydroxylamine groups is 1. The summed E-state index contributed by atoms with van der Waals surface area (Å²) in [7, 11) is 0. The molecule has 130 valence electrons. The quantitative estimate of drug-likeness (QED) is 0.629. The molecule has 0 aliphatic carbocycles. The Morgan fingerprint density at radius 2 is 2.17 bits per heavy atom. The summed E-state index contributed by atoms with van der Waals surface area (Å²) in [4.78, 5) is 26.2. The monoisotopic (exact) mass is 334 g/mol. The van der Waals surface area contributed by atoms with E-state index in [2.05, 4.69) is 0 Å². The first kappa shape index (κ1) is 16.7. The zero-order valence-corrected chi connectivity index (χ0v) is 13.7. The van der Waals surface area contributed by atoms with Gasteiger partial charge in [-0.05, 0) is 31.9 Å². The molecule has 1 aromatic carbocycles. The number of hydrogen-bond acceptors (Lipinski definition) is 5. The SMILES string of the molecule is CC1COc2cc(C(=O)NO)ccc2CN1C(=O)C1CCCOC1. The van der Waals surface area contributed by atoms with Crippen LogP contribution in [0.15, 0.2) is 18.2 Å². The first-order valence-electron chi connectivity index (χ1n) is 8.18. The second-order valence-electron chi connectivity index (χ2n) is 6.30. The van der Waals surface area contributed by atoms with Crippen LogP contribution in [0.2, 0.25) is 0 Å². The fraction of sp³-hybridized carbons (Fsp3) is 0.529. The van der Waals surface area contributed by atoms with Gasteiger partial charge in [0.2, 0.25) is 5.91 Å². The van der Waals surface area contributed by atoms with Gasteiger partial charge >= 0.3 is 0 Å². The molecule has 2 amide bonds. The minimum Gasteiger partial charge on any atom is -0.491 e. The number of ether oxygens (including phenoxy) is 2. The predicted molar refractivity (Wildman–Crippen MR) is 84.7 cm³/mol. The van der Waals surface area contributed by atoms with E-state index in [4.69, 9.17) is 14.7 Å². The molecule has 1 saturated heterocycles. The largest absolute Gasteiger partial charge is 0.491 e. The Morgan fingerprint density at radius 3 is 2.88 bits per heavy atom. The molecular formula is C17H22N2O5. The molecule has 2 heterocycles. The van der Waals surface area contributed by atoms with E-state index >= 15 is 0 Å². The third kappa shape index (κ3) is 3.37. The lowest BCUT2D eigenvalue weighted by atomic mass is 9.99. The smallest absolute Gasteiger partial charge is 0.274 e. The lowest BCUT2D eigenvalue weighted by Gasteiger charge is -2.31. The molecule has 0 aromatic heterocycles. The lowest BCUT2D eigenvalue weighted by molar-refractivity contribution is -0.142. The molecule has 0 bridgehead atoms. The molecule has 7 heteroatoms. The minimum atomic E-state index is -0.592. The summed E-state index contributed by atoms with van der Waals surface area (Å²) in [6.45, 7) is 3.95. The number of carbonyl (C=O) groups excluding carboxylic acids is 2. The number of carbonyl (C=O) groups is 2. The Labute approximate surface area is 140 Å². The van der Waals surface area contributed by atoms with Crippen LogP contribution < -0.4 is 10.2 Å². The van der Waals surface area contributed by atoms with Gasteiger partial charge in [-0.25, -0.2) is 5.48 Å². The average Bonchev–Trinajstić information content (AvgIpc) is 2.80. The molecule has 2 aliphatic rings. The van der Waals surface area contributed by atoms with E-state index in [-0.39, 0.29) is 17.9 Å². The molecule has 3 rings (SSSR count). The van der Waals surface area contributed by atoms with Crippen molar-refractivity contribution in [1.82, 2.24) is 10.4 Å². The number of amides is 2. The Kier molecular flexibility index (Phi) is 5.01. The van der Waals surface area contributed by atoms with Gasteiger partial charge in [-0.2, -0.15) is 0 Å². The van der Waals surface area contributed by atoms with Gasteiger partial charge in [-0.1, -0.05) is 6.07 Å².